The number of rotatable bonds is 13. The normalized spacial score (nSPS) is 15.2. The number of nitrogens with two attached hydrogens (primary N) is 1. The highest BCUT2D eigenvalue weighted by Gasteiger charge is 2.32. The van der Waals surface area contributed by atoms with Crippen LogP contribution < -0.4 is 21.7 Å². The highest BCUT2D eigenvalue weighted by molar-refractivity contribution is 5.94. The van der Waals surface area contributed by atoms with E-state index in [2.05, 4.69) is 16.0 Å². The van der Waals surface area contributed by atoms with Crippen molar-refractivity contribution in [1.29, 1.82) is 0 Å². The quantitative estimate of drug-likeness (QED) is 0.223. The highest BCUT2D eigenvalue weighted by atomic mass is 16.4. The van der Waals surface area contributed by atoms with Crippen molar-refractivity contribution in [3.8, 4) is 0 Å². The number of hydrogen-bond donors (Lipinski definition) is 6. The molecule has 11 heteroatoms. The van der Waals surface area contributed by atoms with E-state index >= 15 is 0 Å². The molecule has 3 amide bonds. The number of hydrogen-bond acceptors (Lipinski definition) is 6. The number of carbonyl (C=O) groups is 5. The second-order valence-electron chi connectivity index (χ2n) is 8.69. The molecule has 4 atom stereocenters. The predicted molar refractivity (Wildman–Crippen MR) is 113 cm³/mol. The number of aliphatic carboxylic acids is 2. The standard InChI is InChI=1S/C20H36N4O7/c1-9(2)7-13(18(28)24-16(11(5)6)20(30)31)22-19(29)15(10(3)4)23-17(27)12(21)8-14(25)26/h9-13,15-16H,7-8,21H2,1-6H3,(H,22,29)(H,23,27)(H,24,28)(H,25,26)(H,30,31). The number of nitrogens with one attached hydrogen (secondary N) is 3. The average molecular weight is 445 g/mol. The molecular weight excluding hydrogens is 408 g/mol. The van der Waals surface area contributed by atoms with Gasteiger partial charge >= 0.3 is 11.9 Å². The van der Waals surface area contributed by atoms with Crippen LogP contribution in [-0.4, -0.2) is 64.0 Å². The first kappa shape index (κ1) is 28.3. The van der Waals surface area contributed by atoms with Crippen LogP contribution in [0.4, 0.5) is 0 Å². The fourth-order valence-corrected chi connectivity index (χ4v) is 2.81. The molecule has 0 heterocycles. The van der Waals surface area contributed by atoms with Crippen LogP contribution in [0.1, 0.15) is 54.4 Å². The van der Waals surface area contributed by atoms with E-state index in [4.69, 9.17) is 10.8 Å². The van der Waals surface area contributed by atoms with Gasteiger partial charge in [0.15, 0.2) is 0 Å². The maximum Gasteiger partial charge on any atom is 0.326 e. The summed E-state index contributed by atoms with van der Waals surface area (Å²) in [4.78, 5) is 59.9. The Hall–Kier alpha value is -2.69. The molecule has 0 fully saturated rings. The summed E-state index contributed by atoms with van der Waals surface area (Å²) in [6.45, 7) is 10.3. The first-order valence-corrected chi connectivity index (χ1v) is 10.3. The van der Waals surface area contributed by atoms with Gasteiger partial charge in [-0.2, -0.15) is 0 Å². The summed E-state index contributed by atoms with van der Waals surface area (Å²) in [5.41, 5.74) is 5.55. The lowest BCUT2D eigenvalue weighted by atomic mass is 9.98. The number of amides is 3. The molecule has 0 spiro atoms. The van der Waals surface area contributed by atoms with E-state index < -0.39 is 60.2 Å². The molecule has 4 unspecified atom stereocenters. The lowest BCUT2D eigenvalue weighted by Crippen LogP contribution is -2.59. The first-order chi connectivity index (χ1) is 14.2. The topological polar surface area (TPSA) is 188 Å². The number of carboxylic acids is 2. The van der Waals surface area contributed by atoms with Gasteiger partial charge in [0.2, 0.25) is 17.7 Å². The second-order valence-corrected chi connectivity index (χ2v) is 8.69. The Morgan fingerprint density at radius 3 is 1.61 bits per heavy atom. The largest absolute Gasteiger partial charge is 0.481 e. The summed E-state index contributed by atoms with van der Waals surface area (Å²) < 4.78 is 0. The van der Waals surface area contributed by atoms with E-state index in [9.17, 15) is 29.1 Å². The lowest BCUT2D eigenvalue weighted by molar-refractivity contribution is -0.143. The summed E-state index contributed by atoms with van der Waals surface area (Å²) in [5.74, 6) is -5.26. The number of carbonyl (C=O) groups excluding carboxylic acids is 3. The molecule has 178 valence electrons. The molecule has 0 bridgehead atoms. The molecule has 7 N–H and O–H groups in total. The number of carboxylic acid groups (broad SMARTS) is 2. The Labute approximate surface area is 182 Å². The zero-order valence-corrected chi connectivity index (χ0v) is 19.0. The smallest absolute Gasteiger partial charge is 0.326 e. The summed E-state index contributed by atoms with van der Waals surface area (Å²) in [7, 11) is 0. The van der Waals surface area contributed by atoms with Crippen LogP contribution >= 0.6 is 0 Å². The molecule has 31 heavy (non-hydrogen) atoms. The van der Waals surface area contributed by atoms with Crippen molar-refractivity contribution in [2.75, 3.05) is 0 Å². The van der Waals surface area contributed by atoms with Crippen LogP contribution in [-0.2, 0) is 24.0 Å². The van der Waals surface area contributed by atoms with E-state index in [1.54, 1.807) is 27.7 Å². The van der Waals surface area contributed by atoms with Gasteiger partial charge in [-0.25, -0.2) is 4.79 Å². The monoisotopic (exact) mass is 444 g/mol. The van der Waals surface area contributed by atoms with E-state index in [1.807, 2.05) is 13.8 Å². The fourth-order valence-electron chi connectivity index (χ4n) is 2.81. The van der Waals surface area contributed by atoms with Crippen molar-refractivity contribution in [2.45, 2.75) is 78.6 Å². The van der Waals surface area contributed by atoms with Crippen LogP contribution in [0.15, 0.2) is 0 Å². The van der Waals surface area contributed by atoms with Crippen molar-refractivity contribution in [3.63, 3.8) is 0 Å². The van der Waals surface area contributed by atoms with Crippen LogP contribution in [0.25, 0.3) is 0 Å². The molecule has 0 aromatic rings. The molecule has 0 radical (unpaired) electrons. The predicted octanol–water partition coefficient (Wildman–Crippen LogP) is -0.314. The van der Waals surface area contributed by atoms with E-state index in [-0.39, 0.29) is 24.2 Å². The van der Waals surface area contributed by atoms with Crippen molar-refractivity contribution in [3.05, 3.63) is 0 Å². The third-order valence-electron chi connectivity index (χ3n) is 4.55. The molecule has 0 saturated heterocycles. The molecule has 0 aliphatic carbocycles. The fraction of sp³-hybridized carbons (Fsp3) is 0.750. The Kier molecular flexibility index (Phi) is 11.8. The SMILES string of the molecule is CC(C)CC(NC(=O)C(NC(=O)C(N)CC(=O)O)C(C)C)C(=O)NC(C(=O)O)C(C)C. The Morgan fingerprint density at radius 1 is 0.742 bits per heavy atom. The van der Waals surface area contributed by atoms with Crippen LogP contribution in [0, 0.1) is 17.8 Å². The molecule has 0 rings (SSSR count). The molecule has 0 aromatic carbocycles. The molecule has 0 aromatic heterocycles. The Bertz CT molecular complexity index is 664. The minimum Gasteiger partial charge on any atom is -0.481 e. The molecule has 11 nitrogen and oxygen atoms in total. The van der Waals surface area contributed by atoms with Crippen LogP contribution in [0.3, 0.4) is 0 Å². The van der Waals surface area contributed by atoms with Gasteiger partial charge < -0.3 is 31.9 Å². The second kappa shape index (κ2) is 12.9. The summed E-state index contributed by atoms with van der Waals surface area (Å²) in [6, 6.07) is -4.52. The zero-order chi connectivity index (χ0) is 24.5. The van der Waals surface area contributed by atoms with Gasteiger partial charge in [0.05, 0.1) is 12.5 Å². The van der Waals surface area contributed by atoms with E-state index in [0.29, 0.717) is 0 Å². The molecule has 0 aliphatic heterocycles. The summed E-state index contributed by atoms with van der Waals surface area (Å²) >= 11 is 0. The third-order valence-corrected chi connectivity index (χ3v) is 4.55. The van der Waals surface area contributed by atoms with Gasteiger partial charge in [-0.1, -0.05) is 41.5 Å². The Morgan fingerprint density at radius 2 is 1.23 bits per heavy atom. The minimum atomic E-state index is -1.33. The molecular formula is C20H36N4O7. The highest BCUT2D eigenvalue weighted by Crippen LogP contribution is 2.10. The van der Waals surface area contributed by atoms with Crippen molar-refractivity contribution >= 4 is 29.7 Å². The van der Waals surface area contributed by atoms with Gasteiger partial charge in [-0.05, 0) is 24.2 Å². The maximum atomic E-state index is 12.8. The molecule has 0 saturated carbocycles. The van der Waals surface area contributed by atoms with Crippen molar-refractivity contribution < 1.29 is 34.2 Å². The maximum absolute atomic E-state index is 12.8. The van der Waals surface area contributed by atoms with Gasteiger partial charge in [-0.3, -0.25) is 19.2 Å². The first-order valence-electron chi connectivity index (χ1n) is 10.3. The van der Waals surface area contributed by atoms with Gasteiger partial charge in [-0.15, -0.1) is 0 Å². The Balaban J connectivity index is 5.44. The van der Waals surface area contributed by atoms with Crippen molar-refractivity contribution in [2.24, 2.45) is 23.5 Å². The zero-order valence-electron chi connectivity index (χ0n) is 19.0. The summed E-state index contributed by atoms with van der Waals surface area (Å²) in [5, 5.41) is 25.5. The van der Waals surface area contributed by atoms with Gasteiger partial charge in [0, 0.05) is 0 Å². The average Bonchev–Trinajstić information content (AvgIpc) is 2.60. The van der Waals surface area contributed by atoms with Crippen LogP contribution in [0.2, 0.25) is 0 Å². The van der Waals surface area contributed by atoms with Crippen LogP contribution in [0.5, 0.6) is 0 Å². The van der Waals surface area contributed by atoms with E-state index in [1.165, 1.54) is 0 Å². The van der Waals surface area contributed by atoms with Gasteiger partial charge in [0.25, 0.3) is 0 Å². The van der Waals surface area contributed by atoms with Gasteiger partial charge in [0.1, 0.15) is 18.1 Å². The molecule has 0 aliphatic rings. The minimum absolute atomic E-state index is 0.00876. The third kappa shape index (κ3) is 10.3. The van der Waals surface area contributed by atoms with E-state index in [0.717, 1.165) is 0 Å². The lowest BCUT2D eigenvalue weighted by Gasteiger charge is -2.28. The van der Waals surface area contributed by atoms with Crippen molar-refractivity contribution in [1.82, 2.24) is 16.0 Å². The summed E-state index contributed by atoms with van der Waals surface area (Å²) in [6.07, 6.45) is -0.346.